The van der Waals surface area contributed by atoms with E-state index in [1.807, 2.05) is 25.1 Å². The molecule has 98 valence electrons. The van der Waals surface area contributed by atoms with Crippen LogP contribution in [0.4, 0.5) is 23.0 Å². The molecule has 1 aromatic heterocycles. The van der Waals surface area contributed by atoms with E-state index in [0.717, 1.165) is 15.7 Å². The van der Waals surface area contributed by atoms with Crippen LogP contribution in [0.5, 0.6) is 0 Å². The second-order valence-corrected chi connectivity index (χ2v) is 4.89. The molecule has 3 N–H and O–H groups in total. The number of nitrogens with zero attached hydrogens (tertiary/aromatic N) is 2. The van der Waals surface area contributed by atoms with Crippen molar-refractivity contribution in [2.24, 2.45) is 0 Å². The van der Waals surface area contributed by atoms with Gasteiger partial charge in [0.2, 0.25) is 0 Å². The minimum absolute atomic E-state index is 0.0928. The Labute approximate surface area is 117 Å². The number of nitrogen functional groups attached to an aromatic ring is 1. The summed E-state index contributed by atoms with van der Waals surface area (Å²) in [5, 5.41) is 13.8. The van der Waals surface area contributed by atoms with E-state index in [-0.39, 0.29) is 11.5 Å². The number of rotatable bonds is 3. The van der Waals surface area contributed by atoms with Crippen molar-refractivity contribution in [3.05, 3.63) is 50.5 Å². The van der Waals surface area contributed by atoms with Crippen molar-refractivity contribution in [2.75, 3.05) is 11.1 Å². The molecule has 0 unspecified atom stereocenters. The molecular formula is C12H11BrN4O2. The summed E-state index contributed by atoms with van der Waals surface area (Å²) in [6.45, 7) is 1.92. The first-order valence-corrected chi connectivity index (χ1v) is 6.20. The Bertz CT molecular complexity index is 646. The van der Waals surface area contributed by atoms with Crippen LogP contribution in [0.25, 0.3) is 0 Å². The minimum Gasteiger partial charge on any atom is -0.383 e. The first-order chi connectivity index (χ1) is 8.95. The van der Waals surface area contributed by atoms with Crippen LogP contribution in [0.15, 0.2) is 34.8 Å². The molecule has 0 bridgehead atoms. The molecule has 0 aliphatic carbocycles. The van der Waals surface area contributed by atoms with Gasteiger partial charge in [-0.25, -0.2) is 4.98 Å². The number of aromatic nitrogens is 1. The number of benzene rings is 1. The molecule has 0 aliphatic heterocycles. The molecule has 0 saturated heterocycles. The van der Waals surface area contributed by atoms with E-state index < -0.39 is 4.92 Å². The smallest absolute Gasteiger partial charge is 0.276 e. The monoisotopic (exact) mass is 322 g/mol. The van der Waals surface area contributed by atoms with Crippen LogP contribution in [-0.2, 0) is 0 Å². The van der Waals surface area contributed by atoms with Gasteiger partial charge in [-0.3, -0.25) is 10.1 Å². The SMILES string of the molecule is Cc1cc(Br)ccc1Nc1cc([N+](=O)[O-])cc(N)n1. The molecule has 0 saturated carbocycles. The van der Waals surface area contributed by atoms with E-state index in [9.17, 15) is 10.1 Å². The Morgan fingerprint density at radius 2 is 2.11 bits per heavy atom. The number of halogens is 1. The Morgan fingerprint density at radius 1 is 1.37 bits per heavy atom. The average molecular weight is 323 g/mol. The van der Waals surface area contributed by atoms with Crippen molar-refractivity contribution >= 4 is 38.9 Å². The highest BCUT2D eigenvalue weighted by Gasteiger charge is 2.10. The molecule has 1 aromatic carbocycles. The number of nitro groups is 1. The summed E-state index contributed by atoms with van der Waals surface area (Å²) in [7, 11) is 0. The average Bonchev–Trinajstić information content (AvgIpc) is 2.32. The fourth-order valence-corrected chi connectivity index (χ4v) is 2.09. The summed E-state index contributed by atoms with van der Waals surface area (Å²) < 4.78 is 0.960. The summed E-state index contributed by atoms with van der Waals surface area (Å²) in [6, 6.07) is 8.23. The number of hydrogen-bond donors (Lipinski definition) is 2. The summed E-state index contributed by atoms with van der Waals surface area (Å²) in [5.74, 6) is 0.448. The molecule has 19 heavy (non-hydrogen) atoms. The third kappa shape index (κ3) is 3.19. The van der Waals surface area contributed by atoms with E-state index in [2.05, 4.69) is 26.2 Å². The van der Waals surface area contributed by atoms with Crippen LogP contribution in [0, 0.1) is 17.0 Å². The first-order valence-electron chi connectivity index (χ1n) is 5.41. The summed E-state index contributed by atoms with van der Waals surface area (Å²) in [6.07, 6.45) is 0. The van der Waals surface area contributed by atoms with Gasteiger partial charge in [-0.1, -0.05) is 15.9 Å². The van der Waals surface area contributed by atoms with E-state index in [1.165, 1.54) is 12.1 Å². The molecule has 2 aromatic rings. The number of aryl methyl sites for hydroxylation is 1. The Kier molecular flexibility index (Phi) is 3.66. The van der Waals surface area contributed by atoms with Crippen LogP contribution in [0.3, 0.4) is 0 Å². The van der Waals surface area contributed by atoms with Crippen molar-refractivity contribution < 1.29 is 4.92 Å². The van der Waals surface area contributed by atoms with Gasteiger partial charge in [-0.2, -0.15) is 0 Å². The van der Waals surface area contributed by atoms with Crippen LogP contribution < -0.4 is 11.1 Å². The van der Waals surface area contributed by atoms with Crippen LogP contribution in [0.2, 0.25) is 0 Å². The molecular weight excluding hydrogens is 312 g/mol. The summed E-state index contributed by atoms with van der Waals surface area (Å²) >= 11 is 3.37. The number of hydrogen-bond acceptors (Lipinski definition) is 5. The van der Waals surface area contributed by atoms with Gasteiger partial charge >= 0.3 is 0 Å². The summed E-state index contributed by atoms with van der Waals surface area (Å²) in [5.41, 5.74) is 7.26. The van der Waals surface area contributed by atoms with E-state index in [0.29, 0.717) is 5.82 Å². The minimum atomic E-state index is -0.502. The zero-order valence-electron chi connectivity index (χ0n) is 10.1. The molecule has 0 atom stereocenters. The van der Waals surface area contributed by atoms with Gasteiger partial charge in [0.15, 0.2) is 0 Å². The van der Waals surface area contributed by atoms with Crippen LogP contribution >= 0.6 is 15.9 Å². The van der Waals surface area contributed by atoms with Gasteiger partial charge in [-0.15, -0.1) is 0 Å². The Morgan fingerprint density at radius 3 is 2.74 bits per heavy atom. The predicted octanol–water partition coefficient (Wildman–Crippen LogP) is 3.39. The third-order valence-electron chi connectivity index (χ3n) is 2.49. The fraction of sp³-hybridized carbons (Fsp3) is 0.0833. The number of anilines is 3. The molecule has 0 radical (unpaired) electrons. The van der Waals surface area contributed by atoms with E-state index >= 15 is 0 Å². The number of pyridine rings is 1. The Hall–Kier alpha value is -2.15. The normalized spacial score (nSPS) is 10.2. The quantitative estimate of drug-likeness (QED) is 0.667. The van der Waals surface area contributed by atoms with Crippen LogP contribution in [0.1, 0.15) is 5.56 Å². The lowest BCUT2D eigenvalue weighted by Crippen LogP contribution is -2.00. The highest BCUT2D eigenvalue weighted by molar-refractivity contribution is 9.10. The van der Waals surface area contributed by atoms with Gasteiger partial charge in [-0.05, 0) is 30.7 Å². The first kappa shape index (κ1) is 13.3. The molecule has 7 heteroatoms. The maximum absolute atomic E-state index is 10.8. The van der Waals surface area contributed by atoms with Crippen molar-refractivity contribution in [2.45, 2.75) is 6.92 Å². The number of nitrogens with one attached hydrogen (secondary N) is 1. The molecule has 1 heterocycles. The van der Waals surface area contributed by atoms with Crippen molar-refractivity contribution in [3.63, 3.8) is 0 Å². The second kappa shape index (κ2) is 5.23. The lowest BCUT2D eigenvalue weighted by Gasteiger charge is -2.09. The molecule has 0 aliphatic rings. The standard InChI is InChI=1S/C12H11BrN4O2/c1-7-4-8(13)2-3-10(7)15-12-6-9(17(18)19)5-11(14)16-12/h2-6H,1H3,(H3,14,15,16). The van der Waals surface area contributed by atoms with E-state index in [4.69, 9.17) is 5.73 Å². The van der Waals surface area contributed by atoms with Crippen molar-refractivity contribution in [1.29, 1.82) is 0 Å². The lowest BCUT2D eigenvalue weighted by atomic mass is 10.2. The molecule has 0 fully saturated rings. The van der Waals surface area contributed by atoms with Gasteiger partial charge in [0, 0.05) is 10.2 Å². The van der Waals surface area contributed by atoms with E-state index in [1.54, 1.807) is 0 Å². The second-order valence-electron chi connectivity index (χ2n) is 3.98. The molecule has 0 amide bonds. The maximum atomic E-state index is 10.8. The maximum Gasteiger partial charge on any atom is 0.276 e. The van der Waals surface area contributed by atoms with Crippen molar-refractivity contribution in [1.82, 2.24) is 4.98 Å². The van der Waals surface area contributed by atoms with Crippen LogP contribution in [-0.4, -0.2) is 9.91 Å². The fourth-order valence-electron chi connectivity index (χ4n) is 1.61. The molecule has 2 rings (SSSR count). The highest BCUT2D eigenvalue weighted by atomic mass is 79.9. The predicted molar refractivity (Wildman–Crippen MR) is 77.5 cm³/mol. The highest BCUT2D eigenvalue weighted by Crippen LogP contribution is 2.25. The summed E-state index contributed by atoms with van der Waals surface area (Å²) in [4.78, 5) is 14.3. The number of nitrogens with two attached hydrogens (primary N) is 1. The van der Waals surface area contributed by atoms with Gasteiger partial charge in [0.05, 0.1) is 17.1 Å². The van der Waals surface area contributed by atoms with Gasteiger partial charge in [0.25, 0.3) is 5.69 Å². The lowest BCUT2D eigenvalue weighted by molar-refractivity contribution is -0.384. The molecule has 6 nitrogen and oxygen atoms in total. The third-order valence-corrected chi connectivity index (χ3v) is 2.99. The zero-order valence-corrected chi connectivity index (χ0v) is 11.6. The van der Waals surface area contributed by atoms with Gasteiger partial charge in [0.1, 0.15) is 11.6 Å². The zero-order chi connectivity index (χ0) is 14.0. The Balaban J connectivity index is 2.35. The topological polar surface area (TPSA) is 94.1 Å². The molecule has 0 spiro atoms. The van der Waals surface area contributed by atoms with Gasteiger partial charge < -0.3 is 11.1 Å². The van der Waals surface area contributed by atoms with Crippen molar-refractivity contribution in [3.8, 4) is 0 Å². The largest absolute Gasteiger partial charge is 0.383 e.